The second kappa shape index (κ2) is 5.38. The minimum Gasteiger partial charge on any atom is -0.488 e. The Morgan fingerprint density at radius 1 is 1.14 bits per heavy atom. The highest BCUT2D eigenvalue weighted by molar-refractivity contribution is 7.89. The Bertz CT molecular complexity index is 734. The summed E-state index contributed by atoms with van der Waals surface area (Å²) in [6.45, 7) is 0.214. The Kier molecular flexibility index (Phi) is 3.57. The van der Waals surface area contributed by atoms with E-state index in [1.807, 2.05) is 24.3 Å². The van der Waals surface area contributed by atoms with E-state index in [0.717, 1.165) is 11.3 Å². The van der Waals surface area contributed by atoms with Gasteiger partial charge in [-0.3, -0.25) is 0 Å². The van der Waals surface area contributed by atoms with E-state index < -0.39 is 10.0 Å². The molecule has 0 amide bonds. The Morgan fingerprint density at radius 2 is 1.86 bits per heavy atom. The molecule has 1 unspecified atom stereocenters. The van der Waals surface area contributed by atoms with Gasteiger partial charge < -0.3 is 10.5 Å². The van der Waals surface area contributed by atoms with E-state index in [1.165, 1.54) is 6.07 Å². The molecule has 1 aliphatic heterocycles. The van der Waals surface area contributed by atoms with Crippen LogP contribution in [0.2, 0.25) is 0 Å². The van der Waals surface area contributed by atoms with E-state index in [0.29, 0.717) is 6.42 Å². The molecule has 0 fully saturated rings. The number of rotatable bonds is 4. The molecule has 0 saturated carbocycles. The third kappa shape index (κ3) is 2.86. The fourth-order valence-corrected chi connectivity index (χ4v) is 3.57. The van der Waals surface area contributed by atoms with Crippen molar-refractivity contribution < 1.29 is 13.2 Å². The maximum absolute atomic E-state index is 12.2. The maximum Gasteiger partial charge on any atom is 0.242 e. The number of nitrogens with two attached hydrogens (primary N) is 1. The van der Waals surface area contributed by atoms with Gasteiger partial charge in [0, 0.05) is 13.0 Å². The second-order valence-electron chi connectivity index (χ2n) is 4.94. The number of sulfonamides is 1. The third-order valence-corrected chi connectivity index (χ3v) is 4.92. The molecule has 110 valence electrons. The summed E-state index contributed by atoms with van der Waals surface area (Å²) in [5.74, 6) is 0.820. The number of hydrogen-bond donors (Lipinski definition) is 2. The van der Waals surface area contributed by atoms with E-state index in [-0.39, 0.29) is 23.2 Å². The van der Waals surface area contributed by atoms with Crippen molar-refractivity contribution in [3.8, 4) is 5.75 Å². The summed E-state index contributed by atoms with van der Waals surface area (Å²) in [6.07, 6.45) is 0.505. The van der Waals surface area contributed by atoms with E-state index in [9.17, 15) is 8.42 Å². The first kappa shape index (κ1) is 13.9. The standard InChI is InChI=1S/C15H16N2O3S/c16-13-6-2-4-8-15(13)21(18,19)17-10-12-9-11-5-1-3-7-14(11)20-12/h1-8,12,17H,9-10,16H2. The number of fused-ring (bicyclic) bond motifs is 1. The van der Waals surface area contributed by atoms with E-state index in [2.05, 4.69) is 4.72 Å². The summed E-state index contributed by atoms with van der Waals surface area (Å²) in [6, 6.07) is 14.1. The lowest BCUT2D eigenvalue weighted by molar-refractivity contribution is 0.236. The average Bonchev–Trinajstić information content (AvgIpc) is 2.88. The van der Waals surface area contributed by atoms with Gasteiger partial charge in [0.2, 0.25) is 10.0 Å². The zero-order valence-corrected chi connectivity index (χ0v) is 12.1. The van der Waals surface area contributed by atoms with Crippen molar-refractivity contribution in [2.45, 2.75) is 17.4 Å². The first-order chi connectivity index (χ1) is 10.1. The van der Waals surface area contributed by atoms with Gasteiger partial charge in [0.05, 0.1) is 5.69 Å². The highest BCUT2D eigenvalue weighted by Gasteiger charge is 2.25. The van der Waals surface area contributed by atoms with Gasteiger partial charge in [0.15, 0.2) is 0 Å². The van der Waals surface area contributed by atoms with Crippen LogP contribution in [0.25, 0.3) is 0 Å². The Morgan fingerprint density at radius 3 is 2.62 bits per heavy atom. The molecular weight excluding hydrogens is 288 g/mol. The van der Waals surface area contributed by atoms with Gasteiger partial charge in [0.25, 0.3) is 0 Å². The minimum atomic E-state index is -3.62. The van der Waals surface area contributed by atoms with Crippen molar-refractivity contribution in [1.29, 1.82) is 0 Å². The number of ether oxygens (including phenoxy) is 1. The molecule has 0 aromatic heterocycles. The van der Waals surface area contributed by atoms with Crippen LogP contribution >= 0.6 is 0 Å². The fourth-order valence-electron chi connectivity index (χ4n) is 2.37. The minimum absolute atomic E-state index is 0.0977. The van der Waals surface area contributed by atoms with Crippen molar-refractivity contribution in [3.63, 3.8) is 0 Å². The maximum atomic E-state index is 12.2. The van der Waals surface area contributed by atoms with Gasteiger partial charge in [-0.05, 0) is 23.8 Å². The lowest BCUT2D eigenvalue weighted by Gasteiger charge is -2.13. The molecule has 21 heavy (non-hydrogen) atoms. The van der Waals surface area contributed by atoms with Crippen molar-refractivity contribution in [3.05, 3.63) is 54.1 Å². The monoisotopic (exact) mass is 304 g/mol. The summed E-state index contributed by atoms with van der Waals surface area (Å²) < 4.78 is 32.7. The zero-order valence-electron chi connectivity index (χ0n) is 11.3. The fraction of sp³-hybridized carbons (Fsp3) is 0.200. The molecule has 0 spiro atoms. The molecule has 3 rings (SSSR count). The van der Waals surface area contributed by atoms with Gasteiger partial charge in [0.1, 0.15) is 16.7 Å². The molecule has 1 aliphatic rings. The molecule has 0 radical (unpaired) electrons. The van der Waals surface area contributed by atoms with Crippen LogP contribution in [0.15, 0.2) is 53.4 Å². The van der Waals surface area contributed by atoms with Crippen LogP contribution in [0.1, 0.15) is 5.56 Å². The number of hydrogen-bond acceptors (Lipinski definition) is 4. The molecule has 1 atom stereocenters. The van der Waals surface area contributed by atoms with Crippen LogP contribution in [-0.2, 0) is 16.4 Å². The highest BCUT2D eigenvalue weighted by atomic mass is 32.2. The summed E-state index contributed by atoms with van der Waals surface area (Å²) in [4.78, 5) is 0.0977. The van der Waals surface area contributed by atoms with Gasteiger partial charge in [-0.2, -0.15) is 0 Å². The molecule has 2 aromatic carbocycles. The molecular formula is C15H16N2O3S. The number of para-hydroxylation sites is 2. The summed E-state index contributed by atoms with van der Waals surface area (Å²) in [5.41, 5.74) is 7.04. The SMILES string of the molecule is Nc1ccccc1S(=O)(=O)NCC1Cc2ccccc2O1. The molecule has 5 nitrogen and oxygen atoms in total. The molecule has 0 bridgehead atoms. The van der Waals surface area contributed by atoms with Crippen LogP contribution < -0.4 is 15.2 Å². The van der Waals surface area contributed by atoms with Crippen LogP contribution in [0.3, 0.4) is 0 Å². The molecule has 0 saturated heterocycles. The van der Waals surface area contributed by atoms with Gasteiger partial charge in [-0.1, -0.05) is 30.3 Å². The third-order valence-electron chi connectivity index (χ3n) is 3.42. The Hall–Kier alpha value is -2.05. The van der Waals surface area contributed by atoms with Gasteiger partial charge in [-0.25, -0.2) is 13.1 Å². The number of benzene rings is 2. The molecule has 3 N–H and O–H groups in total. The summed E-state index contributed by atoms with van der Waals surface area (Å²) in [5, 5.41) is 0. The summed E-state index contributed by atoms with van der Waals surface area (Å²) in [7, 11) is -3.62. The topological polar surface area (TPSA) is 81.4 Å². The lowest BCUT2D eigenvalue weighted by atomic mass is 10.1. The lowest BCUT2D eigenvalue weighted by Crippen LogP contribution is -2.34. The van der Waals surface area contributed by atoms with Crippen LogP contribution in [0.4, 0.5) is 5.69 Å². The van der Waals surface area contributed by atoms with Crippen LogP contribution in [-0.4, -0.2) is 21.1 Å². The Labute approximate surface area is 123 Å². The molecule has 0 aliphatic carbocycles. The van der Waals surface area contributed by atoms with Gasteiger partial charge >= 0.3 is 0 Å². The second-order valence-corrected chi connectivity index (χ2v) is 6.68. The quantitative estimate of drug-likeness (QED) is 0.840. The number of nitrogens with one attached hydrogen (secondary N) is 1. The van der Waals surface area contributed by atoms with Crippen molar-refractivity contribution in [1.82, 2.24) is 4.72 Å². The van der Waals surface area contributed by atoms with Crippen LogP contribution in [0, 0.1) is 0 Å². The number of anilines is 1. The first-order valence-electron chi connectivity index (χ1n) is 6.65. The average molecular weight is 304 g/mol. The normalized spacial score (nSPS) is 17.2. The largest absolute Gasteiger partial charge is 0.488 e. The van der Waals surface area contributed by atoms with E-state index in [1.54, 1.807) is 18.2 Å². The van der Waals surface area contributed by atoms with Gasteiger partial charge in [-0.15, -0.1) is 0 Å². The zero-order chi connectivity index (χ0) is 14.9. The molecule has 6 heteroatoms. The molecule has 2 aromatic rings. The van der Waals surface area contributed by atoms with E-state index >= 15 is 0 Å². The predicted molar refractivity (Wildman–Crippen MR) is 80.6 cm³/mol. The smallest absolute Gasteiger partial charge is 0.242 e. The van der Waals surface area contributed by atoms with Crippen molar-refractivity contribution >= 4 is 15.7 Å². The van der Waals surface area contributed by atoms with Crippen molar-refractivity contribution in [2.75, 3.05) is 12.3 Å². The van der Waals surface area contributed by atoms with E-state index in [4.69, 9.17) is 10.5 Å². The highest BCUT2D eigenvalue weighted by Crippen LogP contribution is 2.28. The van der Waals surface area contributed by atoms with Crippen LogP contribution in [0.5, 0.6) is 5.75 Å². The Balaban J connectivity index is 1.68. The molecule has 1 heterocycles. The first-order valence-corrected chi connectivity index (χ1v) is 8.13. The summed E-state index contributed by atoms with van der Waals surface area (Å²) >= 11 is 0. The number of nitrogen functional groups attached to an aromatic ring is 1. The van der Waals surface area contributed by atoms with Crippen molar-refractivity contribution in [2.24, 2.45) is 0 Å². The predicted octanol–water partition coefficient (Wildman–Crippen LogP) is 1.55.